The minimum Gasteiger partial charge on any atom is -0.0942 e. The second-order valence-electron chi connectivity index (χ2n) is 13.7. The molecular weight excluding hydrogens is 545 g/mol. The van der Waals surface area contributed by atoms with Crippen LogP contribution in [0.15, 0.2) is 0 Å². The third-order valence-corrected chi connectivity index (χ3v) is 11.8. The van der Waals surface area contributed by atoms with Crippen LogP contribution >= 0.6 is 21.6 Å². The van der Waals surface area contributed by atoms with Crippen LogP contribution in [0.5, 0.6) is 0 Å². The maximum Gasteiger partial charge on any atom is 0.00369 e. The van der Waals surface area contributed by atoms with E-state index in [0.29, 0.717) is 0 Å². The summed E-state index contributed by atoms with van der Waals surface area (Å²) in [7, 11) is 4.29. The molecular formula is C40H82S2. The van der Waals surface area contributed by atoms with E-state index in [2.05, 4.69) is 35.4 Å². The van der Waals surface area contributed by atoms with Crippen LogP contribution in [0.1, 0.15) is 245 Å². The molecule has 2 heteroatoms. The molecule has 254 valence electrons. The number of hydrogen-bond acceptors (Lipinski definition) is 2. The standard InChI is InChI=1S/C40H82S2/c1-3-5-7-9-11-13-15-17-19-21-23-25-27-29-31-33-35-37-39-41-42-40-38-36-34-32-30-28-26-24-22-20-18-16-14-12-10-8-6-4-2/h3-40H2,1-2H3. The first-order valence-electron chi connectivity index (χ1n) is 20.2. The smallest absolute Gasteiger partial charge is 0.00369 e. The van der Waals surface area contributed by atoms with Crippen molar-refractivity contribution in [3.63, 3.8) is 0 Å². The van der Waals surface area contributed by atoms with Crippen molar-refractivity contribution in [2.45, 2.75) is 245 Å². The molecule has 42 heavy (non-hydrogen) atoms. The monoisotopic (exact) mass is 627 g/mol. The van der Waals surface area contributed by atoms with Gasteiger partial charge in [-0.3, -0.25) is 0 Å². The van der Waals surface area contributed by atoms with Gasteiger partial charge in [0.1, 0.15) is 0 Å². The number of rotatable bonds is 39. The molecule has 0 saturated carbocycles. The first kappa shape index (κ1) is 42.7. The van der Waals surface area contributed by atoms with Gasteiger partial charge in [-0.25, -0.2) is 0 Å². The van der Waals surface area contributed by atoms with E-state index in [4.69, 9.17) is 0 Å². The lowest BCUT2D eigenvalue weighted by Gasteiger charge is -2.04. The lowest BCUT2D eigenvalue weighted by Crippen LogP contribution is -1.85. The van der Waals surface area contributed by atoms with Gasteiger partial charge in [0.25, 0.3) is 0 Å². The van der Waals surface area contributed by atoms with E-state index in [1.807, 2.05) is 0 Å². The summed E-state index contributed by atoms with van der Waals surface area (Å²) in [5, 5.41) is 0. The highest BCUT2D eigenvalue weighted by molar-refractivity contribution is 8.76. The second-order valence-corrected chi connectivity index (χ2v) is 16.4. The number of hydrogen-bond donors (Lipinski definition) is 0. The van der Waals surface area contributed by atoms with E-state index in [1.165, 1.54) is 243 Å². The average Bonchev–Trinajstić information content (AvgIpc) is 3.00. The Hall–Kier alpha value is 0.700. The van der Waals surface area contributed by atoms with Crippen LogP contribution in [0.25, 0.3) is 0 Å². The molecule has 0 amide bonds. The first-order valence-corrected chi connectivity index (χ1v) is 22.6. The van der Waals surface area contributed by atoms with Gasteiger partial charge in [-0.15, -0.1) is 0 Å². The molecule has 0 saturated heterocycles. The lowest BCUT2D eigenvalue weighted by atomic mass is 10.0. The van der Waals surface area contributed by atoms with Crippen LogP contribution < -0.4 is 0 Å². The maximum absolute atomic E-state index is 2.31. The second kappa shape index (κ2) is 41.7. The molecule has 0 radical (unpaired) electrons. The van der Waals surface area contributed by atoms with Crippen molar-refractivity contribution >= 4 is 21.6 Å². The number of unbranched alkanes of at least 4 members (excludes halogenated alkanes) is 34. The van der Waals surface area contributed by atoms with Crippen molar-refractivity contribution in [3.05, 3.63) is 0 Å². The fourth-order valence-corrected chi connectivity index (χ4v) is 8.54. The highest BCUT2D eigenvalue weighted by Crippen LogP contribution is 2.25. The molecule has 0 aliphatic carbocycles. The minimum absolute atomic E-state index is 1.37. The molecule has 0 aliphatic rings. The molecule has 0 bridgehead atoms. The van der Waals surface area contributed by atoms with Crippen molar-refractivity contribution in [2.75, 3.05) is 11.5 Å². The van der Waals surface area contributed by atoms with Gasteiger partial charge in [0.15, 0.2) is 0 Å². The average molecular weight is 627 g/mol. The fourth-order valence-electron chi connectivity index (χ4n) is 6.24. The molecule has 0 atom stereocenters. The summed E-state index contributed by atoms with van der Waals surface area (Å²) in [5.41, 5.74) is 0. The van der Waals surface area contributed by atoms with Gasteiger partial charge in [-0.05, 0) is 12.8 Å². The summed E-state index contributed by atoms with van der Waals surface area (Å²) in [5.74, 6) is 2.75. The zero-order chi connectivity index (χ0) is 30.3. The van der Waals surface area contributed by atoms with Crippen molar-refractivity contribution in [2.24, 2.45) is 0 Å². The van der Waals surface area contributed by atoms with E-state index >= 15 is 0 Å². The van der Waals surface area contributed by atoms with Crippen LogP contribution in [0.3, 0.4) is 0 Å². The van der Waals surface area contributed by atoms with Crippen LogP contribution in [0.2, 0.25) is 0 Å². The van der Waals surface area contributed by atoms with Crippen LogP contribution in [-0.2, 0) is 0 Å². The Labute approximate surface area is 277 Å². The van der Waals surface area contributed by atoms with E-state index in [-0.39, 0.29) is 0 Å². The fraction of sp³-hybridized carbons (Fsp3) is 1.00. The molecule has 0 heterocycles. The predicted octanol–water partition coefficient (Wildman–Crippen LogP) is 16.5. The molecule has 0 N–H and O–H groups in total. The highest BCUT2D eigenvalue weighted by atomic mass is 33.1. The topological polar surface area (TPSA) is 0 Å². The third kappa shape index (κ3) is 40.7. The van der Waals surface area contributed by atoms with Gasteiger partial charge in [0.05, 0.1) is 0 Å². The molecule has 0 nitrogen and oxygen atoms in total. The quantitative estimate of drug-likeness (QED) is 0.0492. The summed E-state index contributed by atoms with van der Waals surface area (Å²) in [6.07, 6.45) is 53.0. The highest BCUT2D eigenvalue weighted by Gasteiger charge is 1.98. The van der Waals surface area contributed by atoms with Gasteiger partial charge in [-0.1, -0.05) is 254 Å². The Morgan fingerprint density at radius 2 is 0.333 bits per heavy atom. The summed E-state index contributed by atoms with van der Waals surface area (Å²) in [6.45, 7) is 4.62. The molecule has 0 rings (SSSR count). The van der Waals surface area contributed by atoms with Crippen LogP contribution in [0.4, 0.5) is 0 Å². The largest absolute Gasteiger partial charge is 0.0942 e. The Kier molecular flexibility index (Phi) is 42.4. The Morgan fingerprint density at radius 3 is 0.500 bits per heavy atom. The van der Waals surface area contributed by atoms with E-state index in [0.717, 1.165) is 0 Å². The first-order chi connectivity index (χ1) is 20.9. The van der Waals surface area contributed by atoms with Gasteiger partial charge in [0.2, 0.25) is 0 Å². The van der Waals surface area contributed by atoms with Crippen molar-refractivity contribution < 1.29 is 0 Å². The summed E-state index contributed by atoms with van der Waals surface area (Å²) < 4.78 is 0. The Morgan fingerprint density at radius 1 is 0.190 bits per heavy atom. The van der Waals surface area contributed by atoms with Gasteiger partial charge in [-0.2, -0.15) is 0 Å². The van der Waals surface area contributed by atoms with E-state index in [9.17, 15) is 0 Å². The minimum atomic E-state index is 1.37. The molecule has 0 aromatic heterocycles. The molecule has 0 aromatic carbocycles. The SMILES string of the molecule is CCCCCCCCCCCCCCCCCCCCSSCCCCCCCCCCCCCCCCCCCC. The molecule has 0 spiro atoms. The van der Waals surface area contributed by atoms with Gasteiger partial charge < -0.3 is 0 Å². The van der Waals surface area contributed by atoms with Crippen LogP contribution in [0, 0.1) is 0 Å². The third-order valence-electron chi connectivity index (χ3n) is 9.25. The summed E-state index contributed by atoms with van der Waals surface area (Å²) in [6, 6.07) is 0. The van der Waals surface area contributed by atoms with E-state index < -0.39 is 0 Å². The molecule has 0 fully saturated rings. The maximum atomic E-state index is 2.31. The molecule has 0 aliphatic heterocycles. The van der Waals surface area contributed by atoms with Crippen molar-refractivity contribution in [3.8, 4) is 0 Å². The zero-order valence-corrected chi connectivity index (χ0v) is 31.3. The van der Waals surface area contributed by atoms with Gasteiger partial charge >= 0.3 is 0 Å². The Bertz CT molecular complexity index is 397. The van der Waals surface area contributed by atoms with Gasteiger partial charge in [0, 0.05) is 11.5 Å². The van der Waals surface area contributed by atoms with Crippen molar-refractivity contribution in [1.82, 2.24) is 0 Å². The summed E-state index contributed by atoms with van der Waals surface area (Å²) >= 11 is 0. The Balaban J connectivity index is 3.02. The lowest BCUT2D eigenvalue weighted by molar-refractivity contribution is 0.526. The predicted molar refractivity (Wildman–Crippen MR) is 202 cm³/mol. The van der Waals surface area contributed by atoms with Crippen LogP contribution in [-0.4, -0.2) is 11.5 Å². The molecule has 0 unspecified atom stereocenters. The van der Waals surface area contributed by atoms with E-state index in [1.54, 1.807) is 0 Å². The summed E-state index contributed by atoms with van der Waals surface area (Å²) in [4.78, 5) is 0. The van der Waals surface area contributed by atoms with Crippen molar-refractivity contribution in [1.29, 1.82) is 0 Å². The normalized spacial score (nSPS) is 11.6. The molecule has 0 aromatic rings. The zero-order valence-electron chi connectivity index (χ0n) is 29.7.